The number of aliphatic carboxylic acids is 1. The predicted molar refractivity (Wildman–Crippen MR) is 43.4 cm³/mol. The molecule has 0 rings (SSSR count). The first-order valence-electron chi connectivity index (χ1n) is 2.52. The van der Waals surface area contributed by atoms with Gasteiger partial charge < -0.3 is 10.00 Å². The Morgan fingerprint density at radius 1 is 1.91 bits per heavy atom. The lowest BCUT2D eigenvalue weighted by Gasteiger charge is -2.13. The molecule has 2 atom stereocenters. The molecule has 0 aliphatic carbocycles. The van der Waals surface area contributed by atoms with Gasteiger partial charge in [-0.2, -0.15) is 0 Å². The van der Waals surface area contributed by atoms with Crippen LogP contribution in [0.5, 0.6) is 0 Å². The predicted octanol–water partition coefficient (Wildman–Crippen LogP) is -0.182. The maximum atomic E-state index is 10.2. The maximum absolute atomic E-state index is 10.2. The molecule has 0 aromatic rings. The molecule has 5 nitrogen and oxygen atoms in total. The normalized spacial score (nSPS) is 18.4. The van der Waals surface area contributed by atoms with Gasteiger partial charge in [0.15, 0.2) is 6.10 Å². The second-order valence-corrected chi connectivity index (χ2v) is 4.57. The third-order valence-corrected chi connectivity index (χ3v) is 1.51. The van der Waals surface area contributed by atoms with Gasteiger partial charge in [-0.25, -0.2) is 4.79 Å². The summed E-state index contributed by atoms with van der Waals surface area (Å²) in [5.74, 6) is -1.28. The van der Waals surface area contributed by atoms with Crippen LogP contribution in [0.4, 0.5) is 0 Å². The summed E-state index contributed by atoms with van der Waals surface area (Å²) in [7, 11) is 0. The number of hydrogen-bond donors (Lipinski definition) is 3. The van der Waals surface area contributed by atoms with E-state index >= 15 is 0 Å². The highest BCUT2D eigenvalue weighted by atomic mass is 32.5. The van der Waals surface area contributed by atoms with E-state index in [1.54, 1.807) is 0 Å². The molecule has 0 fully saturated rings. The summed E-state index contributed by atoms with van der Waals surface area (Å²) in [5, 5.41) is 8.35. The van der Waals surface area contributed by atoms with Gasteiger partial charge >= 0.3 is 5.97 Å². The molecular weight excluding hydrogens is 189 g/mol. The minimum Gasteiger partial charge on any atom is -0.479 e. The van der Waals surface area contributed by atoms with E-state index < -0.39 is 18.7 Å². The van der Waals surface area contributed by atoms with Gasteiger partial charge in [0, 0.05) is 0 Å². The average Bonchev–Trinajstić information content (AvgIpc) is 1.80. The molecule has 0 aromatic heterocycles. The molecule has 0 saturated heterocycles. The van der Waals surface area contributed by atoms with E-state index in [0.29, 0.717) is 0 Å². The second-order valence-electron chi connectivity index (χ2n) is 1.66. The first-order chi connectivity index (χ1) is 4.87. The Morgan fingerprint density at radius 2 is 2.36 bits per heavy atom. The highest BCUT2D eigenvalue weighted by molar-refractivity contribution is 8.08. The SMILES string of the molecule is C=CC(OP(N)(O)=S)C(=O)O. The van der Waals surface area contributed by atoms with Crippen LogP contribution in [-0.2, 0) is 21.1 Å². The lowest BCUT2D eigenvalue weighted by molar-refractivity contribution is -0.142. The zero-order valence-corrected chi connectivity index (χ0v) is 7.22. The summed E-state index contributed by atoms with van der Waals surface area (Å²) in [4.78, 5) is 19.0. The van der Waals surface area contributed by atoms with Crippen molar-refractivity contribution < 1.29 is 19.3 Å². The Balaban J connectivity index is 4.21. The van der Waals surface area contributed by atoms with E-state index in [2.05, 4.69) is 22.9 Å². The maximum Gasteiger partial charge on any atom is 0.337 e. The summed E-state index contributed by atoms with van der Waals surface area (Å²) in [6.45, 7) is -0.246. The summed E-state index contributed by atoms with van der Waals surface area (Å²) in [6, 6.07) is 0. The van der Waals surface area contributed by atoms with Crippen molar-refractivity contribution in [1.29, 1.82) is 0 Å². The van der Waals surface area contributed by atoms with E-state index in [4.69, 9.17) is 15.5 Å². The second kappa shape index (κ2) is 3.94. The molecule has 0 amide bonds. The highest BCUT2D eigenvalue weighted by Gasteiger charge is 2.19. The topological polar surface area (TPSA) is 92.8 Å². The minimum absolute atomic E-state index is 0.993. The minimum atomic E-state index is -3.41. The number of carbonyl (C=O) groups is 1. The fourth-order valence-electron chi connectivity index (χ4n) is 0.352. The van der Waals surface area contributed by atoms with Crippen LogP contribution in [0.25, 0.3) is 0 Å². The summed E-state index contributed by atoms with van der Waals surface area (Å²) < 4.78 is 4.39. The van der Waals surface area contributed by atoms with Crippen LogP contribution in [0.1, 0.15) is 0 Å². The quantitative estimate of drug-likeness (QED) is 0.427. The van der Waals surface area contributed by atoms with Crippen molar-refractivity contribution >= 4 is 24.4 Å². The smallest absolute Gasteiger partial charge is 0.337 e. The molecule has 0 spiro atoms. The van der Waals surface area contributed by atoms with Gasteiger partial charge in [0.2, 0.25) is 0 Å². The molecule has 2 unspecified atom stereocenters. The first kappa shape index (κ1) is 10.7. The van der Waals surface area contributed by atoms with E-state index in [-0.39, 0.29) is 0 Å². The third-order valence-electron chi connectivity index (χ3n) is 0.722. The van der Waals surface area contributed by atoms with Crippen molar-refractivity contribution in [2.24, 2.45) is 5.50 Å². The van der Waals surface area contributed by atoms with Gasteiger partial charge in [-0.3, -0.25) is 10.0 Å². The standard InChI is InChI=1S/C4H8NO4PS/c1-2-3(4(6)7)9-10(5,8)11/h2-3H,1H2,(H,6,7)(H3,5,8,11). The van der Waals surface area contributed by atoms with E-state index in [9.17, 15) is 4.79 Å². The molecule has 0 aliphatic rings. The Labute approximate surface area is 68.7 Å². The monoisotopic (exact) mass is 197 g/mol. The van der Waals surface area contributed by atoms with Crippen LogP contribution in [0.2, 0.25) is 0 Å². The molecule has 64 valence electrons. The Hall–Kier alpha value is -0.260. The number of carboxylic acid groups (broad SMARTS) is 1. The number of nitrogens with two attached hydrogens (primary N) is 1. The molecule has 11 heavy (non-hydrogen) atoms. The number of rotatable bonds is 4. The van der Waals surface area contributed by atoms with Crippen LogP contribution < -0.4 is 5.50 Å². The molecule has 4 N–H and O–H groups in total. The Kier molecular flexibility index (Phi) is 3.85. The Bertz CT molecular complexity index is 212. The molecule has 7 heteroatoms. The molecule has 0 aliphatic heterocycles. The zero-order valence-electron chi connectivity index (χ0n) is 5.51. The van der Waals surface area contributed by atoms with Crippen molar-refractivity contribution in [3.05, 3.63) is 12.7 Å². The van der Waals surface area contributed by atoms with E-state index in [1.165, 1.54) is 0 Å². The fourth-order valence-corrected chi connectivity index (χ4v) is 1.13. The fraction of sp³-hybridized carbons (Fsp3) is 0.250. The molecular formula is C4H8NO4PS. The van der Waals surface area contributed by atoms with E-state index in [0.717, 1.165) is 6.08 Å². The molecule has 0 radical (unpaired) electrons. The largest absolute Gasteiger partial charge is 0.479 e. The lowest BCUT2D eigenvalue weighted by atomic mass is 10.4. The first-order valence-corrected chi connectivity index (χ1v) is 5.26. The Morgan fingerprint density at radius 3 is 2.45 bits per heavy atom. The molecule has 0 heterocycles. The van der Waals surface area contributed by atoms with Crippen LogP contribution in [0.15, 0.2) is 12.7 Å². The van der Waals surface area contributed by atoms with E-state index in [1.807, 2.05) is 0 Å². The van der Waals surface area contributed by atoms with Crippen LogP contribution in [0, 0.1) is 0 Å². The van der Waals surface area contributed by atoms with Crippen molar-refractivity contribution in [3.63, 3.8) is 0 Å². The van der Waals surface area contributed by atoms with Crippen LogP contribution in [-0.4, -0.2) is 22.1 Å². The van der Waals surface area contributed by atoms with Gasteiger partial charge in [0.1, 0.15) is 0 Å². The van der Waals surface area contributed by atoms with Gasteiger partial charge in [0.25, 0.3) is 6.64 Å². The van der Waals surface area contributed by atoms with Crippen molar-refractivity contribution in [2.45, 2.75) is 6.10 Å². The molecule has 0 bridgehead atoms. The van der Waals surface area contributed by atoms with Crippen molar-refractivity contribution in [2.75, 3.05) is 0 Å². The number of carboxylic acids is 1. The van der Waals surface area contributed by atoms with Gasteiger partial charge in [0.05, 0.1) is 0 Å². The van der Waals surface area contributed by atoms with Gasteiger partial charge in [-0.1, -0.05) is 12.7 Å². The van der Waals surface area contributed by atoms with Crippen LogP contribution >= 0.6 is 6.64 Å². The zero-order chi connectivity index (χ0) is 9.07. The summed E-state index contributed by atoms with van der Waals surface area (Å²) in [5.41, 5.74) is 4.90. The third kappa shape index (κ3) is 5.06. The number of hydrogen-bond acceptors (Lipinski definition) is 3. The van der Waals surface area contributed by atoms with Gasteiger partial charge in [-0.05, 0) is 11.8 Å². The molecule has 0 aromatic carbocycles. The lowest BCUT2D eigenvalue weighted by Crippen LogP contribution is -2.21. The molecule has 0 saturated carbocycles. The highest BCUT2D eigenvalue weighted by Crippen LogP contribution is 2.33. The van der Waals surface area contributed by atoms with Crippen molar-refractivity contribution in [3.8, 4) is 0 Å². The van der Waals surface area contributed by atoms with Gasteiger partial charge in [-0.15, -0.1) is 0 Å². The average molecular weight is 197 g/mol. The van der Waals surface area contributed by atoms with Crippen LogP contribution in [0.3, 0.4) is 0 Å². The summed E-state index contributed by atoms with van der Waals surface area (Å²) in [6.07, 6.45) is -0.345. The summed E-state index contributed by atoms with van der Waals surface area (Å²) >= 11 is 4.26. The van der Waals surface area contributed by atoms with Crippen molar-refractivity contribution in [1.82, 2.24) is 0 Å².